The Kier molecular flexibility index (Phi) is 4.80. The zero-order valence-corrected chi connectivity index (χ0v) is 12.5. The number of nitrogens with zero attached hydrogens (tertiary/aromatic N) is 2. The van der Waals surface area contributed by atoms with Gasteiger partial charge in [-0.3, -0.25) is 15.0 Å². The molecule has 6 heteroatoms. The van der Waals surface area contributed by atoms with Crippen molar-refractivity contribution in [2.24, 2.45) is 5.84 Å². The van der Waals surface area contributed by atoms with Gasteiger partial charge in [0.15, 0.2) is 0 Å². The van der Waals surface area contributed by atoms with Crippen molar-refractivity contribution in [2.75, 3.05) is 31.1 Å². The van der Waals surface area contributed by atoms with Crippen molar-refractivity contribution in [3.05, 3.63) is 29.8 Å². The van der Waals surface area contributed by atoms with E-state index >= 15 is 0 Å². The van der Waals surface area contributed by atoms with E-state index in [1.54, 1.807) is 0 Å². The molecule has 1 aromatic carbocycles. The predicted octanol–water partition coefficient (Wildman–Crippen LogP) is 0.449. The monoisotopic (exact) mass is 290 g/mol. The van der Waals surface area contributed by atoms with Crippen molar-refractivity contribution >= 4 is 17.5 Å². The van der Waals surface area contributed by atoms with E-state index in [0.29, 0.717) is 32.1 Å². The van der Waals surface area contributed by atoms with Gasteiger partial charge in [-0.25, -0.2) is 5.84 Å². The molecule has 0 atom stereocenters. The van der Waals surface area contributed by atoms with E-state index in [0.717, 1.165) is 5.69 Å². The smallest absolute Gasteiger partial charge is 0.323 e. The second-order valence-corrected chi connectivity index (χ2v) is 5.50. The first-order valence-electron chi connectivity index (χ1n) is 7.17. The molecule has 0 spiro atoms. The molecule has 114 valence electrons. The number of carbonyl (C=O) groups excluding carboxylic acids is 2. The number of hydrogen-bond acceptors (Lipinski definition) is 4. The number of hydrogen-bond donors (Lipinski definition) is 2. The molecule has 1 fully saturated rings. The number of nitrogens with one attached hydrogen (secondary N) is 1. The van der Waals surface area contributed by atoms with E-state index < -0.39 is 11.8 Å². The van der Waals surface area contributed by atoms with Crippen LogP contribution in [0.15, 0.2) is 24.3 Å². The van der Waals surface area contributed by atoms with E-state index in [2.05, 4.69) is 43.0 Å². The lowest BCUT2D eigenvalue weighted by Gasteiger charge is -2.35. The van der Waals surface area contributed by atoms with Gasteiger partial charge in [0, 0.05) is 31.9 Å². The second-order valence-electron chi connectivity index (χ2n) is 5.50. The molecule has 3 N–H and O–H groups in total. The summed E-state index contributed by atoms with van der Waals surface area (Å²) in [5, 5.41) is 0. The van der Waals surface area contributed by atoms with Gasteiger partial charge in [0.1, 0.15) is 0 Å². The number of anilines is 1. The zero-order valence-electron chi connectivity index (χ0n) is 12.5. The van der Waals surface area contributed by atoms with Gasteiger partial charge in [-0.05, 0) is 23.6 Å². The van der Waals surface area contributed by atoms with Crippen LogP contribution >= 0.6 is 0 Å². The summed E-state index contributed by atoms with van der Waals surface area (Å²) in [5.74, 6) is 4.17. The highest BCUT2D eigenvalue weighted by atomic mass is 16.2. The maximum Gasteiger partial charge on any atom is 0.323 e. The molecule has 0 bridgehead atoms. The zero-order chi connectivity index (χ0) is 15.4. The highest BCUT2D eigenvalue weighted by Crippen LogP contribution is 2.21. The van der Waals surface area contributed by atoms with E-state index in [1.165, 1.54) is 10.5 Å². The lowest BCUT2D eigenvalue weighted by molar-refractivity contribution is -0.146. The fraction of sp³-hybridized carbons (Fsp3) is 0.467. The molecule has 21 heavy (non-hydrogen) atoms. The van der Waals surface area contributed by atoms with Gasteiger partial charge >= 0.3 is 11.8 Å². The maximum absolute atomic E-state index is 11.7. The molecule has 6 nitrogen and oxygen atoms in total. The molecule has 2 rings (SSSR count). The Bertz CT molecular complexity index is 505. The second kappa shape index (κ2) is 6.58. The van der Waals surface area contributed by atoms with E-state index in [1.807, 2.05) is 5.43 Å². The third kappa shape index (κ3) is 3.52. The minimum atomic E-state index is -0.760. The summed E-state index contributed by atoms with van der Waals surface area (Å²) in [7, 11) is 0. The molecule has 0 aromatic heterocycles. The normalized spacial score (nSPS) is 15.2. The van der Waals surface area contributed by atoms with E-state index in [9.17, 15) is 9.59 Å². The molecule has 1 aliphatic heterocycles. The number of amides is 2. The van der Waals surface area contributed by atoms with Crippen LogP contribution < -0.4 is 16.2 Å². The number of carbonyl (C=O) groups is 2. The van der Waals surface area contributed by atoms with Crippen LogP contribution in [-0.2, 0) is 9.59 Å². The fourth-order valence-corrected chi connectivity index (χ4v) is 2.44. The average Bonchev–Trinajstić information content (AvgIpc) is 2.53. The minimum absolute atomic E-state index is 0.517. The Morgan fingerprint density at radius 2 is 1.67 bits per heavy atom. The summed E-state index contributed by atoms with van der Waals surface area (Å²) in [6.45, 7) is 6.81. The molecular weight excluding hydrogens is 268 g/mol. The number of benzene rings is 1. The molecule has 1 heterocycles. The topological polar surface area (TPSA) is 78.7 Å². The van der Waals surface area contributed by atoms with Crippen LogP contribution in [0.1, 0.15) is 25.3 Å². The molecule has 1 saturated heterocycles. The number of hydrazine groups is 1. The maximum atomic E-state index is 11.7. The molecule has 2 amide bonds. The van der Waals surface area contributed by atoms with Crippen LogP contribution in [0.4, 0.5) is 5.69 Å². The quantitative estimate of drug-likeness (QED) is 0.359. The molecule has 0 unspecified atom stereocenters. The van der Waals surface area contributed by atoms with Gasteiger partial charge in [-0.2, -0.15) is 0 Å². The summed E-state index contributed by atoms with van der Waals surface area (Å²) in [5.41, 5.74) is 4.34. The predicted molar refractivity (Wildman–Crippen MR) is 81.7 cm³/mol. The highest BCUT2D eigenvalue weighted by molar-refractivity contribution is 6.34. The largest absolute Gasteiger partial charge is 0.368 e. The standard InChI is InChI=1S/C15H22N4O2/c1-11(2)12-3-5-13(6-4-12)18-7-9-19(10-8-18)15(21)14(20)17-16/h3-6,11H,7-10,16H2,1-2H3,(H,17,20). The van der Waals surface area contributed by atoms with Gasteiger partial charge < -0.3 is 9.80 Å². The highest BCUT2D eigenvalue weighted by Gasteiger charge is 2.25. The number of rotatable bonds is 2. The van der Waals surface area contributed by atoms with Gasteiger partial charge in [0.05, 0.1) is 0 Å². The third-order valence-corrected chi connectivity index (χ3v) is 3.82. The summed E-state index contributed by atoms with van der Waals surface area (Å²) >= 11 is 0. The summed E-state index contributed by atoms with van der Waals surface area (Å²) in [6.07, 6.45) is 0. The van der Waals surface area contributed by atoms with Crippen LogP contribution in [-0.4, -0.2) is 42.9 Å². The molecule has 1 aromatic rings. The van der Waals surface area contributed by atoms with Gasteiger partial charge in [-0.1, -0.05) is 26.0 Å². The molecule has 1 aliphatic rings. The van der Waals surface area contributed by atoms with Crippen LogP contribution in [0.5, 0.6) is 0 Å². The lowest BCUT2D eigenvalue weighted by atomic mass is 10.0. The first-order chi connectivity index (χ1) is 10.0. The molecule has 0 saturated carbocycles. The third-order valence-electron chi connectivity index (χ3n) is 3.82. The van der Waals surface area contributed by atoms with Crippen LogP contribution in [0, 0.1) is 0 Å². The van der Waals surface area contributed by atoms with Crippen molar-refractivity contribution < 1.29 is 9.59 Å². The molecular formula is C15H22N4O2. The van der Waals surface area contributed by atoms with Crippen molar-refractivity contribution in [3.63, 3.8) is 0 Å². The van der Waals surface area contributed by atoms with Crippen molar-refractivity contribution in [2.45, 2.75) is 19.8 Å². The minimum Gasteiger partial charge on any atom is -0.368 e. The summed E-state index contributed by atoms with van der Waals surface area (Å²) in [4.78, 5) is 26.7. The molecule has 0 aliphatic carbocycles. The Morgan fingerprint density at radius 1 is 1.10 bits per heavy atom. The Morgan fingerprint density at radius 3 is 2.14 bits per heavy atom. The fourth-order valence-electron chi connectivity index (χ4n) is 2.44. The number of nitrogens with two attached hydrogens (primary N) is 1. The first-order valence-corrected chi connectivity index (χ1v) is 7.17. The molecule has 0 radical (unpaired) electrons. The Labute approximate surface area is 124 Å². The Hall–Kier alpha value is -2.08. The lowest BCUT2D eigenvalue weighted by Crippen LogP contribution is -2.53. The van der Waals surface area contributed by atoms with E-state index in [-0.39, 0.29) is 0 Å². The van der Waals surface area contributed by atoms with Gasteiger partial charge in [0.2, 0.25) is 0 Å². The summed E-state index contributed by atoms with van der Waals surface area (Å²) < 4.78 is 0. The van der Waals surface area contributed by atoms with E-state index in [4.69, 9.17) is 5.84 Å². The number of piperazine rings is 1. The van der Waals surface area contributed by atoms with Crippen LogP contribution in [0.25, 0.3) is 0 Å². The first kappa shape index (κ1) is 15.3. The van der Waals surface area contributed by atoms with Crippen molar-refractivity contribution in [3.8, 4) is 0 Å². The van der Waals surface area contributed by atoms with Crippen LogP contribution in [0.3, 0.4) is 0 Å². The SMILES string of the molecule is CC(C)c1ccc(N2CCN(C(=O)C(=O)NN)CC2)cc1. The van der Waals surface area contributed by atoms with Gasteiger partial charge in [0.25, 0.3) is 0 Å². The van der Waals surface area contributed by atoms with Crippen LogP contribution in [0.2, 0.25) is 0 Å². The van der Waals surface area contributed by atoms with Crippen molar-refractivity contribution in [1.29, 1.82) is 0 Å². The van der Waals surface area contributed by atoms with Gasteiger partial charge in [-0.15, -0.1) is 0 Å². The average molecular weight is 290 g/mol. The summed E-state index contributed by atoms with van der Waals surface area (Å²) in [6, 6.07) is 8.50. The Balaban J connectivity index is 1.94. The van der Waals surface area contributed by atoms with Crippen molar-refractivity contribution in [1.82, 2.24) is 10.3 Å².